The lowest BCUT2D eigenvalue weighted by Crippen LogP contribution is -2.44. The highest BCUT2D eigenvalue weighted by Gasteiger charge is 2.56. The van der Waals surface area contributed by atoms with Gasteiger partial charge in [0.1, 0.15) is 19.0 Å². The Balaban J connectivity index is 4.25. The Morgan fingerprint density at radius 3 is 1.86 bits per heavy atom. The Bertz CT molecular complexity index is 998. The smallest absolute Gasteiger partial charge is 0.337 e. The summed E-state index contributed by atoms with van der Waals surface area (Å²) in [5.74, 6) is -10.5. The lowest BCUT2D eigenvalue weighted by molar-refractivity contribution is -0.265. The van der Waals surface area contributed by atoms with E-state index in [0.29, 0.717) is 23.9 Å². The second kappa shape index (κ2) is 25.0. The third kappa shape index (κ3) is 19.5. The Morgan fingerprint density at radius 1 is 0.740 bits per heavy atom. The van der Waals surface area contributed by atoms with Crippen molar-refractivity contribution in [3.8, 4) is 0 Å². The summed E-state index contributed by atoms with van der Waals surface area (Å²) in [6, 6.07) is 0. The fourth-order valence-corrected chi connectivity index (χ4v) is 5.83. The van der Waals surface area contributed by atoms with Crippen molar-refractivity contribution in [3.63, 3.8) is 0 Å². The van der Waals surface area contributed by atoms with Gasteiger partial charge in [0.05, 0.1) is 42.1 Å². The molecule has 0 saturated heterocycles. The van der Waals surface area contributed by atoms with Gasteiger partial charge in [-0.15, -0.1) is 0 Å². The molecule has 0 aliphatic carbocycles. The highest BCUT2D eigenvalue weighted by atomic mass is 32.2. The summed E-state index contributed by atoms with van der Waals surface area (Å²) in [5, 5.41) is 0. The predicted molar refractivity (Wildman–Crippen MR) is 185 cm³/mol. The molecule has 0 fully saturated rings. The van der Waals surface area contributed by atoms with E-state index in [9.17, 15) is 36.3 Å². The van der Waals surface area contributed by atoms with Crippen molar-refractivity contribution in [3.05, 3.63) is 12.3 Å². The zero-order valence-electron chi connectivity index (χ0n) is 31.0. The molecule has 0 spiro atoms. The Morgan fingerprint density at radius 2 is 1.30 bits per heavy atom. The van der Waals surface area contributed by atoms with E-state index in [1.165, 1.54) is 77.5 Å². The molecule has 0 radical (unpaired) electrons. The SMILES string of the molecule is C=C(CSCC(C)C(=O)OCCCCCCCCCCCC)OOCCOC(=O)C(C)(C)CC(C)(CC)C(=O)OCCC(F)(F)C(F)(F)CF. The molecule has 294 valence electrons. The second-order valence-electron chi connectivity index (χ2n) is 13.7. The molecule has 2 unspecified atom stereocenters. The molecule has 0 aromatic heterocycles. The summed E-state index contributed by atoms with van der Waals surface area (Å²) < 4.78 is 81.1. The van der Waals surface area contributed by atoms with Crippen LogP contribution in [0.25, 0.3) is 0 Å². The number of thioether (sulfide) groups is 1. The number of halogens is 5. The maximum Gasteiger partial charge on any atom is 0.337 e. The molecule has 0 aliphatic rings. The maximum absolute atomic E-state index is 13.6. The average Bonchev–Trinajstić information content (AvgIpc) is 3.06. The van der Waals surface area contributed by atoms with Crippen LogP contribution in [0.1, 0.15) is 125 Å². The first-order valence-corrected chi connectivity index (χ1v) is 18.9. The van der Waals surface area contributed by atoms with Crippen LogP contribution >= 0.6 is 11.8 Å². The summed E-state index contributed by atoms with van der Waals surface area (Å²) >= 11 is 1.43. The van der Waals surface area contributed by atoms with Crippen molar-refractivity contribution in [2.45, 2.75) is 137 Å². The Hall–Kier alpha value is -2.09. The summed E-state index contributed by atoms with van der Waals surface area (Å²) in [4.78, 5) is 47.9. The molecule has 0 amide bonds. The van der Waals surface area contributed by atoms with Gasteiger partial charge >= 0.3 is 29.8 Å². The fourth-order valence-electron chi connectivity index (χ4n) is 4.95. The second-order valence-corrected chi connectivity index (χ2v) is 14.8. The highest BCUT2D eigenvalue weighted by Crippen LogP contribution is 2.40. The molecule has 0 rings (SSSR count). The van der Waals surface area contributed by atoms with Crippen LogP contribution in [-0.2, 0) is 38.4 Å². The molecule has 0 bridgehead atoms. The Labute approximate surface area is 300 Å². The van der Waals surface area contributed by atoms with Crippen molar-refractivity contribution in [1.29, 1.82) is 0 Å². The lowest BCUT2D eigenvalue weighted by atomic mass is 9.72. The number of ether oxygens (including phenoxy) is 3. The minimum absolute atomic E-state index is 0.0954. The number of carbonyl (C=O) groups excluding carboxylic acids is 3. The summed E-state index contributed by atoms with van der Waals surface area (Å²) in [7, 11) is 0. The van der Waals surface area contributed by atoms with E-state index in [4.69, 9.17) is 24.0 Å². The van der Waals surface area contributed by atoms with Crippen molar-refractivity contribution < 1.29 is 60.3 Å². The van der Waals surface area contributed by atoms with E-state index in [0.717, 1.165) is 19.3 Å². The quantitative estimate of drug-likeness (QED) is 0.0131. The van der Waals surface area contributed by atoms with E-state index in [1.54, 1.807) is 13.8 Å². The zero-order chi connectivity index (χ0) is 38.3. The molecule has 14 heteroatoms. The standard InChI is InChI=1S/C36H61F5O8S/c1-8-10-11-12-13-14-15-16-17-18-20-45-30(42)28(3)24-50-25-29(4)49-48-23-22-47-31(43)33(5,6)26-34(7,9-2)32(44)46-21-19-35(38,39)36(40,41)27-37/h28H,4,8-27H2,1-3,5-7H3. The molecule has 0 N–H and O–H groups in total. The van der Waals surface area contributed by atoms with Gasteiger partial charge in [0.15, 0.2) is 6.67 Å². The minimum atomic E-state index is -4.87. The largest absolute Gasteiger partial charge is 0.465 e. The van der Waals surface area contributed by atoms with Gasteiger partial charge in [0.2, 0.25) is 0 Å². The molecule has 0 aliphatic heterocycles. The topological polar surface area (TPSA) is 97.4 Å². The number of unbranched alkanes of at least 4 members (excludes halogenated alkanes) is 9. The third-order valence-corrected chi connectivity index (χ3v) is 9.62. The van der Waals surface area contributed by atoms with Crippen LogP contribution in [0.4, 0.5) is 22.0 Å². The summed E-state index contributed by atoms with van der Waals surface area (Å²) in [6.45, 7) is 10.4. The van der Waals surface area contributed by atoms with Gasteiger partial charge in [-0.3, -0.25) is 14.4 Å². The molecule has 50 heavy (non-hydrogen) atoms. The molecule has 0 aromatic carbocycles. The first-order valence-electron chi connectivity index (χ1n) is 17.8. The highest BCUT2D eigenvalue weighted by molar-refractivity contribution is 7.99. The van der Waals surface area contributed by atoms with E-state index in [2.05, 4.69) is 13.5 Å². The number of hydrogen-bond acceptors (Lipinski definition) is 9. The Kier molecular flexibility index (Phi) is 23.9. The lowest BCUT2D eigenvalue weighted by Gasteiger charge is -2.34. The van der Waals surface area contributed by atoms with Crippen LogP contribution in [0.2, 0.25) is 0 Å². The van der Waals surface area contributed by atoms with Crippen molar-refractivity contribution >= 4 is 29.7 Å². The van der Waals surface area contributed by atoms with Gasteiger partial charge in [-0.1, -0.05) is 85.1 Å². The van der Waals surface area contributed by atoms with Gasteiger partial charge in [0.25, 0.3) is 0 Å². The zero-order valence-corrected chi connectivity index (χ0v) is 31.8. The molecule has 0 aromatic rings. The number of hydrogen-bond donors (Lipinski definition) is 0. The van der Waals surface area contributed by atoms with Crippen LogP contribution in [-0.4, -0.2) is 74.4 Å². The number of rotatable bonds is 31. The van der Waals surface area contributed by atoms with Gasteiger partial charge in [-0.25, -0.2) is 4.39 Å². The summed E-state index contributed by atoms with van der Waals surface area (Å²) in [5.41, 5.74) is -2.54. The predicted octanol–water partition coefficient (Wildman–Crippen LogP) is 9.83. The number of esters is 3. The van der Waals surface area contributed by atoms with E-state index in [1.807, 2.05) is 0 Å². The minimum Gasteiger partial charge on any atom is -0.465 e. The molecule has 0 heterocycles. The molecular weight excluding hydrogens is 687 g/mol. The van der Waals surface area contributed by atoms with Crippen LogP contribution < -0.4 is 0 Å². The van der Waals surface area contributed by atoms with Crippen molar-refractivity contribution in [2.24, 2.45) is 16.7 Å². The van der Waals surface area contributed by atoms with Crippen molar-refractivity contribution in [2.75, 3.05) is 44.6 Å². The van der Waals surface area contributed by atoms with E-state index >= 15 is 0 Å². The molecule has 2 atom stereocenters. The van der Waals surface area contributed by atoms with E-state index < -0.39 is 54.3 Å². The first kappa shape index (κ1) is 47.9. The fraction of sp³-hybridized carbons (Fsp3) is 0.861. The maximum atomic E-state index is 13.6. The van der Waals surface area contributed by atoms with Crippen LogP contribution in [0.3, 0.4) is 0 Å². The third-order valence-electron chi connectivity index (χ3n) is 8.36. The normalized spacial score (nSPS) is 14.1. The van der Waals surface area contributed by atoms with Gasteiger partial charge in [-0.05, 0) is 40.0 Å². The summed E-state index contributed by atoms with van der Waals surface area (Å²) in [6.07, 6.45) is 10.6. The number of carbonyl (C=O) groups is 3. The molecule has 8 nitrogen and oxygen atoms in total. The number of alkyl halides is 5. The van der Waals surface area contributed by atoms with Gasteiger partial charge < -0.3 is 19.1 Å². The van der Waals surface area contributed by atoms with Crippen LogP contribution in [0.5, 0.6) is 0 Å². The van der Waals surface area contributed by atoms with Crippen molar-refractivity contribution in [1.82, 2.24) is 0 Å². The molecule has 0 saturated carbocycles. The van der Waals surface area contributed by atoms with Gasteiger partial charge in [-0.2, -0.15) is 34.2 Å². The first-order chi connectivity index (χ1) is 23.4. The van der Waals surface area contributed by atoms with Gasteiger partial charge in [0, 0.05) is 5.75 Å². The molecular formula is C36H61F5O8S. The van der Waals surface area contributed by atoms with Crippen LogP contribution in [0, 0.1) is 16.7 Å². The van der Waals surface area contributed by atoms with E-state index in [-0.39, 0.29) is 37.9 Å². The van der Waals surface area contributed by atoms with Crippen LogP contribution in [0.15, 0.2) is 12.3 Å². The monoisotopic (exact) mass is 748 g/mol. The average molecular weight is 749 g/mol.